The molecule has 150 valence electrons. The molecule has 1 fully saturated rings. The number of carbonyl (C=O) groups is 3. The molecular formula is C20H16BrIN2O5. The van der Waals surface area contributed by atoms with Gasteiger partial charge in [-0.05, 0) is 64.1 Å². The Morgan fingerprint density at radius 3 is 2.59 bits per heavy atom. The van der Waals surface area contributed by atoms with E-state index in [1.807, 2.05) is 30.3 Å². The minimum Gasteiger partial charge on any atom is -0.488 e. The largest absolute Gasteiger partial charge is 0.488 e. The monoisotopic (exact) mass is 570 g/mol. The number of imide groups is 1. The Hall–Kier alpha value is -2.40. The van der Waals surface area contributed by atoms with Crippen LogP contribution in [0.1, 0.15) is 11.1 Å². The fourth-order valence-electron chi connectivity index (χ4n) is 2.54. The Morgan fingerprint density at radius 2 is 1.93 bits per heavy atom. The first-order chi connectivity index (χ1) is 13.9. The third kappa shape index (κ3) is 5.36. The molecule has 3 rings (SSSR count). The van der Waals surface area contributed by atoms with Gasteiger partial charge in [0.05, 0.1) is 10.7 Å². The number of rotatable bonds is 6. The van der Waals surface area contributed by atoms with E-state index in [1.165, 1.54) is 7.11 Å². The van der Waals surface area contributed by atoms with Crippen LogP contribution < -0.4 is 10.1 Å². The summed E-state index contributed by atoms with van der Waals surface area (Å²) in [4.78, 5) is 36.4. The highest BCUT2D eigenvalue weighted by Crippen LogP contribution is 2.25. The van der Waals surface area contributed by atoms with Crippen LogP contribution in [0.5, 0.6) is 5.75 Å². The summed E-state index contributed by atoms with van der Waals surface area (Å²) < 4.78 is 12.2. The number of hydrogen-bond acceptors (Lipinski definition) is 5. The van der Waals surface area contributed by atoms with Crippen molar-refractivity contribution in [1.82, 2.24) is 10.2 Å². The molecule has 2 aromatic carbocycles. The number of esters is 1. The van der Waals surface area contributed by atoms with Crippen LogP contribution in [0.3, 0.4) is 0 Å². The van der Waals surface area contributed by atoms with Crippen molar-refractivity contribution < 1.29 is 23.9 Å². The van der Waals surface area contributed by atoms with Gasteiger partial charge in [0.1, 0.15) is 24.6 Å². The first-order valence-electron chi connectivity index (χ1n) is 8.45. The Labute approximate surface area is 189 Å². The van der Waals surface area contributed by atoms with E-state index >= 15 is 0 Å². The predicted molar refractivity (Wildman–Crippen MR) is 118 cm³/mol. The van der Waals surface area contributed by atoms with Gasteiger partial charge in [0.15, 0.2) is 0 Å². The molecule has 2 aromatic rings. The number of ether oxygens (including phenoxy) is 2. The number of nitrogens with zero attached hydrogens (tertiary/aromatic N) is 1. The number of halogens is 2. The first kappa shape index (κ1) is 21.3. The van der Waals surface area contributed by atoms with Gasteiger partial charge in [-0.3, -0.25) is 9.59 Å². The summed E-state index contributed by atoms with van der Waals surface area (Å²) in [5.74, 6) is -0.535. The van der Waals surface area contributed by atoms with E-state index in [0.29, 0.717) is 17.9 Å². The van der Waals surface area contributed by atoms with E-state index in [9.17, 15) is 14.4 Å². The van der Waals surface area contributed by atoms with E-state index in [2.05, 4.69) is 48.6 Å². The normalized spacial score (nSPS) is 14.9. The number of amides is 3. The Kier molecular flexibility index (Phi) is 6.91. The molecule has 3 amide bonds. The van der Waals surface area contributed by atoms with Gasteiger partial charge < -0.3 is 14.8 Å². The molecule has 1 aliphatic heterocycles. The van der Waals surface area contributed by atoms with Crippen LogP contribution in [0.2, 0.25) is 0 Å². The second-order valence-electron chi connectivity index (χ2n) is 6.06. The molecule has 1 N–H and O–H groups in total. The predicted octanol–water partition coefficient (Wildman–Crippen LogP) is 3.70. The zero-order chi connectivity index (χ0) is 21.0. The lowest BCUT2D eigenvalue weighted by molar-refractivity contribution is -0.143. The van der Waals surface area contributed by atoms with Crippen molar-refractivity contribution in [2.75, 3.05) is 13.7 Å². The van der Waals surface area contributed by atoms with Gasteiger partial charge in [-0.2, -0.15) is 0 Å². The molecule has 1 aliphatic rings. The second-order valence-corrected chi connectivity index (χ2v) is 8.14. The van der Waals surface area contributed by atoms with Gasteiger partial charge in [-0.1, -0.05) is 34.1 Å². The molecule has 0 aliphatic carbocycles. The smallest absolute Gasteiger partial charge is 0.329 e. The molecule has 0 unspecified atom stereocenters. The SMILES string of the molecule is COC(=O)CN1C(=O)N/C(=C/c2ccc(OCc3ccc(Br)cc3)c(I)c2)C1=O. The van der Waals surface area contributed by atoms with Crippen LogP contribution in [0, 0.1) is 3.57 Å². The second kappa shape index (κ2) is 9.40. The molecule has 7 nitrogen and oxygen atoms in total. The van der Waals surface area contributed by atoms with Crippen molar-refractivity contribution in [1.29, 1.82) is 0 Å². The third-order valence-corrected chi connectivity index (χ3v) is 5.42. The van der Waals surface area contributed by atoms with Crippen LogP contribution in [0.25, 0.3) is 6.08 Å². The summed E-state index contributed by atoms with van der Waals surface area (Å²) >= 11 is 5.55. The summed E-state index contributed by atoms with van der Waals surface area (Å²) in [6.07, 6.45) is 1.55. The molecular weight excluding hydrogens is 555 g/mol. The first-order valence-corrected chi connectivity index (χ1v) is 10.3. The quantitative estimate of drug-likeness (QED) is 0.248. The van der Waals surface area contributed by atoms with Crippen molar-refractivity contribution in [3.8, 4) is 5.75 Å². The highest BCUT2D eigenvalue weighted by atomic mass is 127. The van der Waals surface area contributed by atoms with Gasteiger partial charge in [0, 0.05) is 4.47 Å². The lowest BCUT2D eigenvalue weighted by Crippen LogP contribution is -2.36. The Bertz CT molecular complexity index is 991. The van der Waals surface area contributed by atoms with Crippen LogP contribution in [-0.2, 0) is 20.9 Å². The molecule has 0 atom stereocenters. The highest BCUT2D eigenvalue weighted by molar-refractivity contribution is 14.1. The molecule has 29 heavy (non-hydrogen) atoms. The van der Waals surface area contributed by atoms with Crippen LogP contribution >= 0.6 is 38.5 Å². The van der Waals surface area contributed by atoms with Crippen LogP contribution in [0.4, 0.5) is 4.79 Å². The lowest BCUT2D eigenvalue weighted by Gasteiger charge is -2.10. The molecule has 9 heteroatoms. The average molecular weight is 571 g/mol. The van der Waals surface area contributed by atoms with Crippen molar-refractivity contribution in [3.63, 3.8) is 0 Å². The number of nitrogens with one attached hydrogen (secondary N) is 1. The number of benzene rings is 2. The van der Waals surface area contributed by atoms with Crippen molar-refractivity contribution in [2.24, 2.45) is 0 Å². The maximum atomic E-state index is 12.3. The zero-order valence-electron chi connectivity index (χ0n) is 15.3. The molecule has 0 saturated carbocycles. The fourth-order valence-corrected chi connectivity index (χ4v) is 3.50. The minimum absolute atomic E-state index is 0.0956. The van der Waals surface area contributed by atoms with Crippen molar-refractivity contribution in [3.05, 3.63) is 67.3 Å². The van der Waals surface area contributed by atoms with Crippen molar-refractivity contribution >= 4 is 62.5 Å². The summed E-state index contributed by atoms with van der Waals surface area (Å²) in [7, 11) is 1.19. The maximum absolute atomic E-state index is 12.3. The minimum atomic E-state index is -0.670. The maximum Gasteiger partial charge on any atom is 0.329 e. The Morgan fingerprint density at radius 1 is 1.21 bits per heavy atom. The zero-order valence-corrected chi connectivity index (χ0v) is 19.0. The van der Waals surface area contributed by atoms with Gasteiger partial charge in [0.25, 0.3) is 5.91 Å². The van der Waals surface area contributed by atoms with Gasteiger partial charge in [0.2, 0.25) is 0 Å². The van der Waals surface area contributed by atoms with Gasteiger partial charge in [-0.15, -0.1) is 0 Å². The van der Waals surface area contributed by atoms with Crippen LogP contribution in [0.15, 0.2) is 52.6 Å². The molecule has 0 spiro atoms. The molecule has 1 saturated heterocycles. The third-order valence-electron chi connectivity index (χ3n) is 4.05. The highest BCUT2D eigenvalue weighted by Gasteiger charge is 2.35. The fraction of sp³-hybridized carbons (Fsp3) is 0.150. The van der Waals surface area contributed by atoms with Crippen LogP contribution in [-0.4, -0.2) is 36.5 Å². The van der Waals surface area contributed by atoms with E-state index in [0.717, 1.165) is 18.5 Å². The standard InChI is InChI=1S/C20H16BrIN2O5/c1-28-18(25)10-24-19(26)16(23-20(24)27)9-13-4-7-17(15(22)8-13)29-11-12-2-5-14(21)6-3-12/h2-9H,10-11H2,1H3,(H,23,27)/b16-9+. The number of methoxy groups -OCH3 is 1. The Balaban J connectivity index is 1.69. The van der Waals surface area contributed by atoms with E-state index in [4.69, 9.17) is 4.74 Å². The topological polar surface area (TPSA) is 84.9 Å². The molecule has 0 bridgehead atoms. The number of carbonyl (C=O) groups excluding carboxylic acids is 3. The molecule has 0 radical (unpaired) electrons. The molecule has 1 heterocycles. The lowest BCUT2D eigenvalue weighted by atomic mass is 10.2. The van der Waals surface area contributed by atoms with E-state index in [1.54, 1.807) is 18.2 Å². The number of urea groups is 1. The number of hydrogen-bond donors (Lipinski definition) is 1. The summed E-state index contributed by atoms with van der Waals surface area (Å²) in [6.45, 7) is -0.000372. The van der Waals surface area contributed by atoms with Crippen molar-refractivity contribution in [2.45, 2.75) is 6.61 Å². The van der Waals surface area contributed by atoms with Gasteiger partial charge >= 0.3 is 12.0 Å². The van der Waals surface area contributed by atoms with Gasteiger partial charge in [-0.25, -0.2) is 9.69 Å². The summed E-state index contributed by atoms with van der Waals surface area (Å²) in [5.41, 5.74) is 1.85. The van der Waals surface area contributed by atoms with E-state index in [-0.39, 0.29) is 5.70 Å². The summed E-state index contributed by atoms with van der Waals surface area (Å²) in [5, 5.41) is 2.47. The molecule has 0 aromatic heterocycles. The van der Waals surface area contributed by atoms with E-state index < -0.39 is 24.5 Å². The summed E-state index contributed by atoms with van der Waals surface area (Å²) in [6, 6.07) is 12.6. The average Bonchev–Trinajstić information content (AvgIpc) is 2.96.